The fourth-order valence-electron chi connectivity index (χ4n) is 2.56. The van der Waals surface area contributed by atoms with Crippen LogP contribution < -0.4 is 5.32 Å². The number of amides is 2. The quantitative estimate of drug-likeness (QED) is 0.811. The van der Waals surface area contributed by atoms with Gasteiger partial charge < -0.3 is 10.2 Å². The van der Waals surface area contributed by atoms with Crippen LogP contribution >= 0.6 is 0 Å². The first-order valence-electron chi connectivity index (χ1n) is 7.71. The lowest BCUT2D eigenvalue weighted by atomic mass is 10.1. The molecule has 124 valence electrons. The van der Waals surface area contributed by atoms with E-state index >= 15 is 0 Å². The maximum atomic E-state index is 12.9. The standard InChI is InChI=1S/C17H21FN2O3/c1-11(2)7-15(21)17(23)19-14-8-16(22)20(10-14)9-12-3-5-13(18)6-4-12/h3-6,11,14H,7-10H2,1-2H3,(H,19,23). The molecule has 1 fully saturated rings. The molecule has 0 aromatic heterocycles. The van der Waals surface area contributed by atoms with Crippen molar-refractivity contribution in [2.45, 2.75) is 39.3 Å². The van der Waals surface area contributed by atoms with E-state index in [1.165, 1.54) is 12.1 Å². The minimum absolute atomic E-state index is 0.0871. The lowest BCUT2D eigenvalue weighted by molar-refractivity contribution is -0.138. The third kappa shape index (κ3) is 4.87. The third-order valence-corrected chi connectivity index (χ3v) is 3.68. The predicted molar refractivity (Wildman–Crippen MR) is 82.8 cm³/mol. The summed E-state index contributed by atoms with van der Waals surface area (Å²) in [4.78, 5) is 37.1. The summed E-state index contributed by atoms with van der Waals surface area (Å²) in [5, 5.41) is 2.63. The molecule has 0 bridgehead atoms. The Morgan fingerprint density at radius 1 is 1.30 bits per heavy atom. The third-order valence-electron chi connectivity index (χ3n) is 3.68. The SMILES string of the molecule is CC(C)CC(=O)C(=O)NC1CC(=O)N(Cc2ccc(F)cc2)C1. The van der Waals surface area contributed by atoms with Crippen molar-refractivity contribution in [3.8, 4) is 0 Å². The van der Waals surface area contributed by atoms with Crippen LogP contribution in [0.3, 0.4) is 0 Å². The second kappa shape index (κ2) is 7.35. The summed E-state index contributed by atoms with van der Waals surface area (Å²) in [6, 6.07) is 5.59. The highest BCUT2D eigenvalue weighted by atomic mass is 19.1. The van der Waals surface area contributed by atoms with Crippen LogP contribution in [0.4, 0.5) is 4.39 Å². The van der Waals surface area contributed by atoms with Crippen molar-refractivity contribution >= 4 is 17.6 Å². The molecule has 1 saturated heterocycles. The van der Waals surface area contributed by atoms with E-state index in [1.54, 1.807) is 17.0 Å². The fourth-order valence-corrected chi connectivity index (χ4v) is 2.56. The van der Waals surface area contributed by atoms with Gasteiger partial charge in [-0.15, -0.1) is 0 Å². The van der Waals surface area contributed by atoms with Gasteiger partial charge in [-0.25, -0.2) is 4.39 Å². The second-order valence-corrected chi connectivity index (χ2v) is 6.30. The number of benzene rings is 1. The van der Waals surface area contributed by atoms with Crippen LogP contribution in [-0.4, -0.2) is 35.1 Å². The second-order valence-electron chi connectivity index (χ2n) is 6.30. The highest BCUT2D eigenvalue weighted by Crippen LogP contribution is 2.15. The smallest absolute Gasteiger partial charge is 0.287 e. The fraction of sp³-hybridized carbons (Fsp3) is 0.471. The van der Waals surface area contributed by atoms with E-state index in [-0.39, 0.29) is 36.5 Å². The van der Waals surface area contributed by atoms with Crippen molar-refractivity contribution in [1.82, 2.24) is 10.2 Å². The first-order valence-corrected chi connectivity index (χ1v) is 7.71. The van der Waals surface area contributed by atoms with E-state index in [9.17, 15) is 18.8 Å². The molecule has 6 heteroatoms. The molecule has 1 aliphatic heterocycles. The Hall–Kier alpha value is -2.24. The van der Waals surface area contributed by atoms with Crippen LogP contribution in [0, 0.1) is 11.7 Å². The Morgan fingerprint density at radius 2 is 1.96 bits per heavy atom. The zero-order chi connectivity index (χ0) is 17.0. The van der Waals surface area contributed by atoms with Gasteiger partial charge in [-0.3, -0.25) is 14.4 Å². The van der Waals surface area contributed by atoms with Crippen molar-refractivity contribution in [3.63, 3.8) is 0 Å². The van der Waals surface area contributed by atoms with E-state index in [0.717, 1.165) is 5.56 Å². The lowest BCUT2D eigenvalue weighted by Gasteiger charge is -2.17. The highest BCUT2D eigenvalue weighted by molar-refractivity contribution is 6.36. The zero-order valence-corrected chi connectivity index (χ0v) is 13.3. The van der Waals surface area contributed by atoms with Crippen LogP contribution in [0.1, 0.15) is 32.3 Å². The maximum Gasteiger partial charge on any atom is 0.287 e. The summed E-state index contributed by atoms with van der Waals surface area (Å²) in [5.74, 6) is -1.37. The first-order chi connectivity index (χ1) is 10.8. The number of hydrogen-bond donors (Lipinski definition) is 1. The highest BCUT2D eigenvalue weighted by Gasteiger charge is 2.31. The summed E-state index contributed by atoms with van der Waals surface area (Å²) >= 11 is 0. The number of Topliss-reactive ketones (excluding diaryl/α,β-unsaturated/α-hetero) is 1. The molecule has 2 rings (SSSR count). The molecule has 1 aromatic carbocycles. The van der Waals surface area contributed by atoms with E-state index in [0.29, 0.717) is 13.1 Å². The minimum atomic E-state index is -0.625. The molecule has 0 saturated carbocycles. The summed E-state index contributed by atoms with van der Waals surface area (Å²) in [5.41, 5.74) is 0.822. The van der Waals surface area contributed by atoms with Crippen LogP contribution in [0.15, 0.2) is 24.3 Å². The molecule has 2 amide bonds. The van der Waals surface area contributed by atoms with Gasteiger partial charge in [0.05, 0.1) is 6.04 Å². The van der Waals surface area contributed by atoms with Crippen LogP contribution in [0.5, 0.6) is 0 Å². The molecule has 5 nitrogen and oxygen atoms in total. The predicted octanol–water partition coefficient (Wildman–Crippen LogP) is 1.66. The maximum absolute atomic E-state index is 12.9. The molecule has 1 aliphatic rings. The summed E-state index contributed by atoms with van der Waals surface area (Å²) in [7, 11) is 0. The van der Waals surface area contributed by atoms with E-state index in [1.807, 2.05) is 13.8 Å². The van der Waals surface area contributed by atoms with Crippen molar-refractivity contribution in [3.05, 3.63) is 35.6 Å². The summed E-state index contributed by atoms with van der Waals surface area (Å²) in [6.45, 7) is 4.46. The van der Waals surface area contributed by atoms with Gasteiger partial charge in [0, 0.05) is 25.9 Å². The van der Waals surface area contributed by atoms with Crippen molar-refractivity contribution in [2.24, 2.45) is 5.92 Å². The lowest BCUT2D eigenvalue weighted by Crippen LogP contribution is -2.41. The van der Waals surface area contributed by atoms with Crippen LogP contribution in [0.2, 0.25) is 0 Å². The number of hydrogen-bond acceptors (Lipinski definition) is 3. The van der Waals surface area contributed by atoms with Gasteiger partial charge in [-0.1, -0.05) is 26.0 Å². The molecule has 23 heavy (non-hydrogen) atoms. The summed E-state index contributed by atoms with van der Waals surface area (Å²) in [6.07, 6.45) is 0.383. The van der Waals surface area contributed by atoms with Crippen molar-refractivity contribution in [2.75, 3.05) is 6.54 Å². The Balaban J connectivity index is 1.88. The van der Waals surface area contributed by atoms with Gasteiger partial charge >= 0.3 is 0 Å². The normalized spacial score (nSPS) is 17.7. The molecule has 0 radical (unpaired) electrons. The van der Waals surface area contributed by atoms with Crippen LogP contribution in [-0.2, 0) is 20.9 Å². The van der Waals surface area contributed by atoms with Gasteiger partial charge in [0.1, 0.15) is 5.82 Å². The number of rotatable bonds is 6. The largest absolute Gasteiger partial charge is 0.344 e. The van der Waals surface area contributed by atoms with E-state index < -0.39 is 11.7 Å². The van der Waals surface area contributed by atoms with Crippen molar-refractivity contribution in [1.29, 1.82) is 0 Å². The molecule has 1 unspecified atom stereocenters. The number of ketones is 1. The molecule has 1 N–H and O–H groups in total. The molecule has 1 aromatic rings. The molecule has 1 heterocycles. The van der Waals surface area contributed by atoms with Gasteiger partial charge in [-0.2, -0.15) is 0 Å². The Morgan fingerprint density at radius 3 is 2.57 bits per heavy atom. The Kier molecular flexibility index (Phi) is 5.47. The van der Waals surface area contributed by atoms with Gasteiger partial charge in [-0.05, 0) is 23.6 Å². The van der Waals surface area contributed by atoms with Gasteiger partial charge in [0.2, 0.25) is 11.7 Å². The molecule has 0 aliphatic carbocycles. The van der Waals surface area contributed by atoms with Crippen molar-refractivity contribution < 1.29 is 18.8 Å². The number of halogens is 1. The zero-order valence-electron chi connectivity index (χ0n) is 13.3. The van der Waals surface area contributed by atoms with Gasteiger partial charge in [0.15, 0.2) is 0 Å². The molecule has 1 atom stereocenters. The van der Waals surface area contributed by atoms with E-state index in [2.05, 4.69) is 5.32 Å². The van der Waals surface area contributed by atoms with Crippen LogP contribution in [0.25, 0.3) is 0 Å². The Bertz CT molecular complexity index is 598. The first kappa shape index (κ1) is 17.1. The average molecular weight is 320 g/mol. The van der Waals surface area contributed by atoms with Gasteiger partial charge in [0.25, 0.3) is 5.91 Å². The number of carbonyl (C=O) groups is 3. The molecular weight excluding hydrogens is 299 g/mol. The Labute approximate surface area is 134 Å². The van der Waals surface area contributed by atoms with E-state index in [4.69, 9.17) is 0 Å². The molecule has 0 spiro atoms. The topological polar surface area (TPSA) is 66.5 Å². The number of nitrogens with zero attached hydrogens (tertiary/aromatic N) is 1. The summed E-state index contributed by atoms with van der Waals surface area (Å²) < 4.78 is 12.9. The number of likely N-dealkylation sites (tertiary alicyclic amines) is 1. The number of carbonyl (C=O) groups excluding carboxylic acids is 3. The molecular formula is C17H21FN2O3. The minimum Gasteiger partial charge on any atom is -0.344 e. The monoisotopic (exact) mass is 320 g/mol. The number of nitrogens with one attached hydrogen (secondary N) is 1. The average Bonchev–Trinajstić information content (AvgIpc) is 2.80.